The lowest BCUT2D eigenvalue weighted by molar-refractivity contribution is -0.245. The SMILES string of the molecule is CN(C(=O)F)c1cccc([Si](C)(C)CC[Si]2(C)CCCCO[Si](C)(CCCOCC3CO3)O2)c1.C[Si]1(CCCNC(=O)F)CCCCO[Si](C)(CCCOCC2CO2)O1.C[Si]1(CCCOCC2CO2)CCCCO[Si](C)(CCCOCCCOCCC[Si]2(C)CCCCO[Si](C)(CCCOCC3CO3)O2)O1.FCC(F)(F)F.FCC(F)(F)F.FCF.FCF.FOCC(F)(F)F.FOCC(F)(F)F. The Morgan fingerprint density at radius 3 is 0.928 bits per heavy atom. The minimum atomic E-state index is -4.62. The third-order valence-corrected chi connectivity index (χ3v) is 60.6. The van der Waals surface area contributed by atoms with E-state index in [1.54, 1.807) is 6.07 Å². The minimum absolute atomic E-state index is 0.308. The van der Waals surface area contributed by atoms with Gasteiger partial charge >= 0.3 is 71.3 Å². The highest BCUT2D eigenvalue weighted by Crippen LogP contribution is 2.38. The second kappa shape index (κ2) is 71.4. The fraction of sp³-hybridized carbons (Fsp3) is 0.904. The molecule has 8 heterocycles. The zero-order chi connectivity index (χ0) is 104. The van der Waals surface area contributed by atoms with Gasteiger partial charge in [0, 0.05) is 98.6 Å². The van der Waals surface area contributed by atoms with Crippen LogP contribution in [-0.4, -0.2) is 323 Å². The molecule has 0 saturated carbocycles. The van der Waals surface area contributed by atoms with Gasteiger partial charge in [-0.1, -0.05) is 62.1 Å². The molecular weight excluding hydrogens is 2050 g/mol. The molecule has 0 aromatic heterocycles. The van der Waals surface area contributed by atoms with Crippen LogP contribution in [0.3, 0.4) is 0 Å². The first kappa shape index (κ1) is 134. The second-order valence-corrected chi connectivity index (χ2v) is 72.7. The molecule has 2 amide bonds. The molecule has 0 spiro atoms. The van der Waals surface area contributed by atoms with Gasteiger partial charge in [-0.3, -0.25) is 4.90 Å². The average Bonchev–Trinajstić information content (AvgIpc) is 1.09. The van der Waals surface area contributed by atoms with Crippen LogP contribution < -0.4 is 15.4 Å². The molecule has 0 bridgehead atoms. The topological polar surface area (TPSA) is 247 Å². The Labute approximate surface area is 809 Å². The van der Waals surface area contributed by atoms with E-state index in [4.69, 9.17) is 81.5 Å². The van der Waals surface area contributed by atoms with Crippen molar-refractivity contribution < 1.29 is 198 Å². The van der Waals surface area contributed by atoms with Gasteiger partial charge in [0.25, 0.3) is 0 Å². The number of hydrogen-bond acceptors (Lipinski definition) is 22. The highest BCUT2D eigenvalue weighted by Gasteiger charge is 2.48. The zero-order valence-electron chi connectivity index (χ0n) is 82.0. The van der Waals surface area contributed by atoms with Crippen LogP contribution in [0.2, 0.25) is 144 Å². The Morgan fingerprint density at radius 1 is 0.406 bits per heavy atom. The number of carbonyl (C=O) groups excluding carboxylic acids is 2. The van der Waals surface area contributed by atoms with E-state index in [1.165, 1.54) is 49.6 Å². The van der Waals surface area contributed by atoms with Crippen LogP contribution in [0.15, 0.2) is 24.3 Å². The van der Waals surface area contributed by atoms with Crippen molar-refractivity contribution >= 4 is 98.8 Å². The van der Waals surface area contributed by atoms with Gasteiger partial charge in [-0.2, -0.15) is 62.6 Å². The van der Waals surface area contributed by atoms with Gasteiger partial charge in [0.1, 0.15) is 24.4 Å². The van der Waals surface area contributed by atoms with Crippen molar-refractivity contribution in [2.75, 3.05) is 191 Å². The lowest BCUT2D eigenvalue weighted by Gasteiger charge is -2.41. The molecule has 12 atom stereocenters. The van der Waals surface area contributed by atoms with Gasteiger partial charge < -0.3 is 86.9 Å². The molecule has 1 aromatic rings. The van der Waals surface area contributed by atoms with Gasteiger partial charge in [-0.25, -0.2) is 35.9 Å². The molecule has 1 aromatic carbocycles. The van der Waals surface area contributed by atoms with Crippen molar-refractivity contribution in [1.82, 2.24) is 5.32 Å². The number of anilines is 1. The number of hydrogen-bond donors (Lipinski definition) is 1. The fourth-order valence-corrected chi connectivity index (χ4v) is 57.2. The van der Waals surface area contributed by atoms with Crippen molar-refractivity contribution in [3.63, 3.8) is 0 Å². The van der Waals surface area contributed by atoms with E-state index in [2.05, 4.69) is 86.7 Å². The van der Waals surface area contributed by atoms with Crippen LogP contribution in [0.25, 0.3) is 0 Å². The smallest absolute Gasteiger partial charge is 0.416 e. The van der Waals surface area contributed by atoms with Crippen molar-refractivity contribution in [2.24, 2.45) is 0 Å². The summed E-state index contributed by atoms with van der Waals surface area (Å²) in [6, 6.07) is 21.9. The average molecular weight is 2200 g/mol. The molecule has 1 N–H and O–H groups in total. The maximum atomic E-state index is 13.2. The molecule has 8 fully saturated rings. The number of benzene rings is 1. The van der Waals surface area contributed by atoms with Gasteiger partial charge in [0.2, 0.25) is 13.9 Å². The lowest BCUT2D eigenvalue weighted by Crippen LogP contribution is -2.53. The summed E-state index contributed by atoms with van der Waals surface area (Å²) in [5, 5.41) is 3.47. The predicted octanol–water partition coefficient (Wildman–Crippen LogP) is 23.2. The number of rotatable bonds is 47. The summed E-state index contributed by atoms with van der Waals surface area (Å²) in [7, 11) is -16.6. The Kier molecular flexibility index (Phi) is 69.2. The quantitative estimate of drug-likeness (QED) is 0.0159. The molecule has 8 aliphatic heterocycles. The summed E-state index contributed by atoms with van der Waals surface area (Å²) in [5.41, 5.74) is 0.611. The molecule has 0 radical (unpaired) electrons. The molecule has 138 heavy (non-hydrogen) atoms. The van der Waals surface area contributed by atoms with E-state index in [-0.39, 0.29) is 0 Å². The van der Waals surface area contributed by atoms with Crippen LogP contribution in [0, 0.1) is 0 Å². The molecule has 55 heteroatoms. The fourth-order valence-electron chi connectivity index (χ4n) is 15.0. The summed E-state index contributed by atoms with van der Waals surface area (Å²) in [4.78, 5) is 27.2. The molecule has 818 valence electrons. The first-order valence-electron chi connectivity index (χ1n) is 47.1. The summed E-state index contributed by atoms with van der Waals surface area (Å²) < 4.78 is 341. The number of nitrogens with one attached hydrogen (secondary N) is 1. The van der Waals surface area contributed by atoms with Crippen LogP contribution in [0.1, 0.15) is 103 Å². The standard InChI is InChI=1S/C33H68O10Si4.C24H42FNO5Si3.C16H32FNO5Si2.2C2H2F4O.2C2H2F4.2CH2F2/c1-44(22-7-5-21-41-47(4,42-44)27-13-19-37-29-33-31-39-33)24-10-16-34-14-9-15-35-17-12-26-46(3)40-20-6-8-23-45(2,43-46)25-11-18-36-28-32-30-38-32;1-26(24(25)27)21-10-8-11-23(18-21)32(2,3)16-17-33(4)14-7-6-13-30-34(5,31-33)15-9-12-28-19-22-20-29-22;1-24(11-5-7-18-16(17)19)10-4-3-9-22-25(2,23-24)12-6-8-20-13-15-14-21-15;2*3-2(4,5)1-7-6;2*3-1-2(4,5)6;2*2-1-3/h32-33H,5-31H2,1-4H3;8,10-11,18,22H,6-7,9,12-17,19-20H2,1-5H3;15H,3-14H2,1-2H3,(H,18,19);2*1H2;2*1H2;2*1H2. The lowest BCUT2D eigenvalue weighted by atomic mass is 10.3. The Bertz CT molecular complexity index is 3170. The Morgan fingerprint density at radius 2 is 0.674 bits per heavy atom. The van der Waals surface area contributed by atoms with Crippen molar-refractivity contribution in [3.8, 4) is 0 Å². The molecule has 8 saturated heterocycles. The zero-order valence-corrected chi connectivity index (χ0v) is 91.0. The number of ether oxygens (including phenoxy) is 10. The monoisotopic (exact) mass is 2200 g/mol. The van der Waals surface area contributed by atoms with Crippen molar-refractivity contribution in [1.29, 1.82) is 0 Å². The largest absolute Gasteiger partial charge is 0.436 e. The number of carbonyl (C=O) groups is 2. The molecule has 12 unspecified atom stereocenters. The van der Waals surface area contributed by atoms with Gasteiger partial charge in [-0.05, 0) is 223 Å². The number of amides is 2. The summed E-state index contributed by atoms with van der Waals surface area (Å²) in [6.45, 7) is 27.5. The van der Waals surface area contributed by atoms with Crippen LogP contribution in [-0.2, 0) is 91.4 Å². The van der Waals surface area contributed by atoms with Crippen molar-refractivity contribution in [3.05, 3.63) is 24.3 Å². The highest BCUT2D eigenvalue weighted by molar-refractivity contribution is 6.92. The predicted molar refractivity (Wildman–Crippen MR) is 499 cm³/mol. The van der Waals surface area contributed by atoms with E-state index in [0.29, 0.717) is 49.9 Å². The molecular formula is C83H154F22N2O22Si9. The maximum Gasteiger partial charge on any atom is 0.416 e. The minimum Gasteiger partial charge on any atom is -0.436 e. The number of alkyl halides is 18. The van der Waals surface area contributed by atoms with Gasteiger partial charge in [0.15, 0.2) is 59.8 Å². The number of epoxide rings is 4. The first-order chi connectivity index (χ1) is 64.7. The van der Waals surface area contributed by atoms with Gasteiger partial charge in [-0.15, -0.1) is 8.78 Å². The summed E-state index contributed by atoms with van der Waals surface area (Å²) in [6.07, 6.45) is -3.02. The van der Waals surface area contributed by atoms with E-state index in [0.717, 1.165) is 268 Å². The van der Waals surface area contributed by atoms with Gasteiger partial charge in [0.05, 0.1) is 60.9 Å². The molecule has 9 rings (SSSR count). The summed E-state index contributed by atoms with van der Waals surface area (Å²) >= 11 is 0. The van der Waals surface area contributed by atoms with E-state index in [9.17, 15) is 106 Å². The summed E-state index contributed by atoms with van der Waals surface area (Å²) in [5.74, 6) is 0. The third-order valence-electron chi connectivity index (χ3n) is 22.4. The molecule has 0 aliphatic carbocycles. The Hall–Kier alpha value is -2.23. The van der Waals surface area contributed by atoms with E-state index in [1.807, 2.05) is 12.1 Å². The van der Waals surface area contributed by atoms with Crippen LogP contribution in [0.4, 0.5) is 112 Å². The van der Waals surface area contributed by atoms with E-state index >= 15 is 0 Å². The Balaban J connectivity index is 0.000000913. The molecule has 8 aliphatic rings. The second-order valence-electron chi connectivity index (χ2n) is 36.8. The number of halogens is 22. The van der Waals surface area contributed by atoms with E-state index < -0.39 is 153 Å². The third kappa shape index (κ3) is 73.8. The van der Waals surface area contributed by atoms with Crippen molar-refractivity contribution in [2.45, 2.75) is 296 Å². The number of nitrogens with zero attached hydrogens (tertiary/aromatic N) is 1. The van der Waals surface area contributed by atoms with Crippen LogP contribution >= 0.6 is 0 Å². The highest BCUT2D eigenvalue weighted by atomic mass is 28.5. The van der Waals surface area contributed by atoms with Crippen LogP contribution in [0.5, 0.6) is 0 Å². The maximum absolute atomic E-state index is 13.2. The molecule has 24 nitrogen and oxygen atoms in total. The first-order valence-corrected chi connectivity index (χ1v) is 71.6. The normalized spacial score (nSPS) is 27.1.